The normalized spacial score (nSPS) is 23.6. The second kappa shape index (κ2) is 6.24. The molecule has 1 aliphatic heterocycles. The fourth-order valence-corrected chi connectivity index (χ4v) is 2.76. The van der Waals surface area contributed by atoms with Crippen LogP contribution in [0.15, 0.2) is 18.2 Å². The lowest BCUT2D eigenvalue weighted by Crippen LogP contribution is -2.45. The van der Waals surface area contributed by atoms with E-state index in [1.54, 1.807) is 6.07 Å². The lowest BCUT2D eigenvalue weighted by molar-refractivity contribution is -0.0705. The summed E-state index contributed by atoms with van der Waals surface area (Å²) in [6.07, 6.45) is 0.391. The first kappa shape index (κ1) is 14.8. The summed E-state index contributed by atoms with van der Waals surface area (Å²) in [5.41, 5.74) is 7.75. The Kier molecular flexibility index (Phi) is 4.62. The molecular formula is C15H22N2O3. The Hall–Kier alpha value is -1.59. The van der Waals surface area contributed by atoms with Gasteiger partial charge in [-0.2, -0.15) is 0 Å². The predicted octanol–water partition coefficient (Wildman–Crippen LogP) is 1.66. The van der Waals surface area contributed by atoms with Gasteiger partial charge in [0.15, 0.2) is 0 Å². The van der Waals surface area contributed by atoms with Crippen LogP contribution in [0.25, 0.3) is 0 Å². The van der Waals surface area contributed by atoms with Crippen molar-refractivity contribution in [3.8, 4) is 0 Å². The molecule has 0 aliphatic carbocycles. The standard InChI is InChI=1S/C15H22N2O3/c1-10-7-17(8-11(2)20-10)9-12-5-4-6-13(16)14(12)15(18)19-3/h4-6,10-11H,7-9,16H2,1-3H3/t10-,11+. The fourth-order valence-electron chi connectivity index (χ4n) is 2.76. The SMILES string of the molecule is COC(=O)c1c(N)cccc1CN1C[C@@H](C)O[C@@H](C)C1. The van der Waals surface area contributed by atoms with Crippen molar-refractivity contribution < 1.29 is 14.3 Å². The minimum absolute atomic E-state index is 0.196. The maximum Gasteiger partial charge on any atom is 0.340 e. The quantitative estimate of drug-likeness (QED) is 0.673. The highest BCUT2D eigenvalue weighted by molar-refractivity contribution is 5.96. The summed E-state index contributed by atoms with van der Waals surface area (Å²) in [5.74, 6) is -0.382. The molecule has 1 aromatic carbocycles. The molecular weight excluding hydrogens is 256 g/mol. The van der Waals surface area contributed by atoms with Crippen LogP contribution < -0.4 is 5.73 Å². The number of morpholine rings is 1. The molecule has 1 heterocycles. The van der Waals surface area contributed by atoms with Crippen LogP contribution in [0.3, 0.4) is 0 Å². The number of hydrogen-bond acceptors (Lipinski definition) is 5. The van der Waals surface area contributed by atoms with Gasteiger partial charge in [-0.3, -0.25) is 4.90 Å². The molecule has 0 radical (unpaired) electrons. The minimum atomic E-state index is -0.382. The Labute approximate surface area is 119 Å². The van der Waals surface area contributed by atoms with Crippen molar-refractivity contribution in [2.75, 3.05) is 25.9 Å². The molecule has 0 aromatic heterocycles. The van der Waals surface area contributed by atoms with E-state index < -0.39 is 0 Å². The predicted molar refractivity (Wildman–Crippen MR) is 77.5 cm³/mol. The maximum absolute atomic E-state index is 11.9. The third kappa shape index (κ3) is 3.29. The van der Waals surface area contributed by atoms with E-state index in [-0.39, 0.29) is 18.2 Å². The van der Waals surface area contributed by atoms with Crippen molar-refractivity contribution in [2.24, 2.45) is 0 Å². The molecule has 0 spiro atoms. The summed E-state index contributed by atoms with van der Waals surface area (Å²) < 4.78 is 10.5. The van der Waals surface area contributed by atoms with Gasteiger partial charge in [0.2, 0.25) is 0 Å². The van der Waals surface area contributed by atoms with Crippen LogP contribution in [-0.4, -0.2) is 43.3 Å². The summed E-state index contributed by atoms with van der Waals surface area (Å²) in [7, 11) is 1.37. The van der Waals surface area contributed by atoms with Crippen molar-refractivity contribution in [3.05, 3.63) is 29.3 Å². The van der Waals surface area contributed by atoms with Gasteiger partial charge in [-0.05, 0) is 25.5 Å². The van der Waals surface area contributed by atoms with Gasteiger partial charge in [0, 0.05) is 25.3 Å². The Morgan fingerprint density at radius 1 is 1.40 bits per heavy atom. The van der Waals surface area contributed by atoms with Crippen LogP contribution in [0.5, 0.6) is 0 Å². The van der Waals surface area contributed by atoms with Crippen LogP contribution in [0.1, 0.15) is 29.8 Å². The first-order valence-electron chi connectivity index (χ1n) is 6.84. The highest BCUT2D eigenvalue weighted by Gasteiger charge is 2.24. The molecule has 0 amide bonds. The first-order chi connectivity index (χ1) is 9.51. The number of carbonyl (C=O) groups is 1. The number of rotatable bonds is 3. The van der Waals surface area contributed by atoms with Crippen LogP contribution in [0, 0.1) is 0 Å². The Bertz CT molecular complexity index is 480. The number of nitrogens with zero attached hydrogens (tertiary/aromatic N) is 1. The summed E-state index contributed by atoms with van der Waals surface area (Å²) in [6.45, 7) is 6.49. The molecule has 1 aromatic rings. The number of nitrogens with two attached hydrogens (primary N) is 1. The molecule has 0 saturated carbocycles. The van der Waals surface area contributed by atoms with Crippen molar-refractivity contribution in [1.82, 2.24) is 4.90 Å². The molecule has 0 unspecified atom stereocenters. The molecule has 1 saturated heterocycles. The second-order valence-electron chi connectivity index (χ2n) is 5.32. The third-order valence-electron chi connectivity index (χ3n) is 3.46. The van der Waals surface area contributed by atoms with E-state index in [0.29, 0.717) is 17.8 Å². The molecule has 2 N–H and O–H groups in total. The van der Waals surface area contributed by atoms with E-state index in [1.807, 2.05) is 12.1 Å². The summed E-state index contributed by atoms with van der Waals surface area (Å²) in [6, 6.07) is 5.51. The number of methoxy groups -OCH3 is 1. The highest BCUT2D eigenvalue weighted by atomic mass is 16.5. The lowest BCUT2D eigenvalue weighted by atomic mass is 10.0. The topological polar surface area (TPSA) is 64.8 Å². The lowest BCUT2D eigenvalue weighted by Gasteiger charge is -2.35. The van der Waals surface area contributed by atoms with Crippen LogP contribution in [0.4, 0.5) is 5.69 Å². The summed E-state index contributed by atoms with van der Waals surface area (Å²) in [5, 5.41) is 0. The Balaban J connectivity index is 2.20. The molecule has 110 valence electrons. The molecule has 0 bridgehead atoms. The number of anilines is 1. The zero-order valence-electron chi connectivity index (χ0n) is 12.3. The number of ether oxygens (including phenoxy) is 2. The second-order valence-corrected chi connectivity index (χ2v) is 5.32. The molecule has 1 fully saturated rings. The van der Waals surface area contributed by atoms with Gasteiger partial charge >= 0.3 is 5.97 Å². The number of carbonyl (C=O) groups excluding carboxylic acids is 1. The van der Waals surface area contributed by atoms with Crippen molar-refractivity contribution in [1.29, 1.82) is 0 Å². The number of benzene rings is 1. The van der Waals surface area contributed by atoms with Crippen molar-refractivity contribution in [2.45, 2.75) is 32.6 Å². The summed E-state index contributed by atoms with van der Waals surface area (Å²) >= 11 is 0. The van der Waals surface area contributed by atoms with Gasteiger partial charge in [-0.1, -0.05) is 12.1 Å². The zero-order valence-corrected chi connectivity index (χ0v) is 12.3. The van der Waals surface area contributed by atoms with Gasteiger partial charge in [0.25, 0.3) is 0 Å². The average Bonchev–Trinajstić information content (AvgIpc) is 2.37. The highest BCUT2D eigenvalue weighted by Crippen LogP contribution is 2.21. The Morgan fingerprint density at radius 2 is 2.05 bits per heavy atom. The van der Waals surface area contributed by atoms with E-state index in [4.69, 9.17) is 15.2 Å². The van der Waals surface area contributed by atoms with Gasteiger partial charge in [-0.15, -0.1) is 0 Å². The van der Waals surface area contributed by atoms with Crippen LogP contribution in [0.2, 0.25) is 0 Å². The molecule has 2 atom stereocenters. The van der Waals surface area contributed by atoms with E-state index in [9.17, 15) is 4.79 Å². The van der Waals surface area contributed by atoms with Gasteiger partial charge in [0.05, 0.1) is 24.9 Å². The van der Waals surface area contributed by atoms with Gasteiger partial charge < -0.3 is 15.2 Å². The van der Waals surface area contributed by atoms with E-state index in [2.05, 4.69) is 18.7 Å². The first-order valence-corrected chi connectivity index (χ1v) is 6.84. The monoisotopic (exact) mass is 278 g/mol. The van der Waals surface area contributed by atoms with E-state index in [0.717, 1.165) is 18.7 Å². The van der Waals surface area contributed by atoms with Gasteiger partial charge in [0.1, 0.15) is 0 Å². The number of esters is 1. The minimum Gasteiger partial charge on any atom is -0.465 e. The maximum atomic E-state index is 11.9. The summed E-state index contributed by atoms with van der Waals surface area (Å²) in [4.78, 5) is 14.2. The van der Waals surface area contributed by atoms with E-state index >= 15 is 0 Å². The van der Waals surface area contributed by atoms with Crippen LogP contribution in [-0.2, 0) is 16.0 Å². The number of nitrogen functional groups attached to an aromatic ring is 1. The average molecular weight is 278 g/mol. The number of hydrogen-bond donors (Lipinski definition) is 1. The van der Waals surface area contributed by atoms with E-state index in [1.165, 1.54) is 7.11 Å². The largest absolute Gasteiger partial charge is 0.465 e. The Morgan fingerprint density at radius 3 is 2.65 bits per heavy atom. The molecule has 20 heavy (non-hydrogen) atoms. The molecule has 5 nitrogen and oxygen atoms in total. The smallest absolute Gasteiger partial charge is 0.340 e. The molecule has 2 rings (SSSR count). The molecule has 1 aliphatic rings. The molecule has 5 heteroatoms. The third-order valence-corrected chi connectivity index (χ3v) is 3.46. The van der Waals surface area contributed by atoms with Gasteiger partial charge in [-0.25, -0.2) is 4.79 Å². The van der Waals surface area contributed by atoms with Crippen molar-refractivity contribution >= 4 is 11.7 Å². The van der Waals surface area contributed by atoms with Crippen molar-refractivity contribution in [3.63, 3.8) is 0 Å². The fraction of sp³-hybridized carbons (Fsp3) is 0.533. The zero-order chi connectivity index (χ0) is 14.7. The van der Waals surface area contributed by atoms with Crippen LogP contribution >= 0.6 is 0 Å².